The number of hydrogen-bond donors (Lipinski definition) is 1. The number of nitro benzene ring substituents is 1. The van der Waals surface area contributed by atoms with Crippen LogP contribution in [0.15, 0.2) is 82.8 Å². The van der Waals surface area contributed by atoms with Gasteiger partial charge >= 0.3 is 0 Å². The van der Waals surface area contributed by atoms with Gasteiger partial charge in [-0.25, -0.2) is 0 Å². The average molecular weight is 506 g/mol. The van der Waals surface area contributed by atoms with Crippen molar-refractivity contribution in [3.8, 4) is 11.8 Å². The van der Waals surface area contributed by atoms with E-state index < -0.39 is 10.8 Å². The van der Waals surface area contributed by atoms with E-state index in [0.29, 0.717) is 15.8 Å². The number of carbonyl (C=O) groups is 1. The van der Waals surface area contributed by atoms with E-state index in [1.165, 1.54) is 18.2 Å². The summed E-state index contributed by atoms with van der Waals surface area (Å²) in [6, 6.07) is 22.5. The SMILES string of the molecule is C[C@H](NC(=O)/C(C#N)=C\c1ccc(OCc2ccc([N+](=O)[O-])cc2)c(Br)c1)c1ccccc1. The Balaban J connectivity index is 1.66. The minimum absolute atomic E-state index is 0.00997. The number of carbonyl (C=O) groups excluding carboxylic acids is 1. The van der Waals surface area contributed by atoms with Gasteiger partial charge in [-0.1, -0.05) is 36.4 Å². The zero-order valence-corrected chi connectivity index (χ0v) is 19.3. The number of hydrogen-bond acceptors (Lipinski definition) is 5. The van der Waals surface area contributed by atoms with Gasteiger partial charge in [0.1, 0.15) is 24.0 Å². The van der Waals surface area contributed by atoms with Gasteiger partial charge in [0.2, 0.25) is 0 Å². The number of rotatable bonds is 8. The van der Waals surface area contributed by atoms with Crippen LogP contribution in [-0.2, 0) is 11.4 Å². The third kappa shape index (κ3) is 6.51. The Labute approximate surface area is 199 Å². The molecule has 0 radical (unpaired) electrons. The van der Waals surface area contributed by atoms with Gasteiger partial charge in [-0.15, -0.1) is 0 Å². The van der Waals surface area contributed by atoms with Crippen LogP contribution in [0, 0.1) is 21.4 Å². The van der Waals surface area contributed by atoms with Crippen LogP contribution in [0.1, 0.15) is 29.7 Å². The molecule has 0 aliphatic rings. The van der Waals surface area contributed by atoms with Crippen LogP contribution in [0.25, 0.3) is 6.08 Å². The quantitative estimate of drug-likeness (QED) is 0.182. The van der Waals surface area contributed by atoms with Gasteiger partial charge in [0.25, 0.3) is 11.6 Å². The Morgan fingerprint density at radius 1 is 1.18 bits per heavy atom. The number of nitro groups is 1. The molecule has 33 heavy (non-hydrogen) atoms. The van der Waals surface area contributed by atoms with Crippen molar-refractivity contribution in [1.29, 1.82) is 5.26 Å². The molecule has 0 heterocycles. The maximum atomic E-state index is 12.6. The molecule has 0 fully saturated rings. The molecular formula is C25H20BrN3O4. The summed E-state index contributed by atoms with van der Waals surface area (Å²) in [6.07, 6.45) is 1.51. The smallest absolute Gasteiger partial charge is 0.269 e. The topological polar surface area (TPSA) is 105 Å². The van der Waals surface area contributed by atoms with Crippen molar-refractivity contribution >= 4 is 33.6 Å². The second-order valence-electron chi connectivity index (χ2n) is 7.18. The number of nitrogens with zero attached hydrogens (tertiary/aromatic N) is 2. The molecular weight excluding hydrogens is 486 g/mol. The lowest BCUT2D eigenvalue weighted by atomic mass is 10.1. The maximum Gasteiger partial charge on any atom is 0.269 e. The van der Waals surface area contributed by atoms with Crippen LogP contribution in [0.3, 0.4) is 0 Å². The number of benzene rings is 3. The Morgan fingerprint density at radius 3 is 2.48 bits per heavy atom. The predicted molar refractivity (Wildman–Crippen MR) is 128 cm³/mol. The average Bonchev–Trinajstić information content (AvgIpc) is 2.82. The Morgan fingerprint density at radius 2 is 1.88 bits per heavy atom. The van der Waals surface area contributed by atoms with Crippen molar-refractivity contribution in [2.45, 2.75) is 19.6 Å². The molecule has 0 spiro atoms. The van der Waals surface area contributed by atoms with Crippen molar-refractivity contribution < 1.29 is 14.5 Å². The van der Waals surface area contributed by atoms with Crippen LogP contribution in [0.2, 0.25) is 0 Å². The third-order valence-electron chi connectivity index (χ3n) is 4.82. The zero-order valence-electron chi connectivity index (χ0n) is 17.7. The molecule has 1 N–H and O–H groups in total. The highest BCUT2D eigenvalue weighted by atomic mass is 79.9. The number of nitriles is 1. The molecule has 0 aromatic heterocycles. The molecule has 8 heteroatoms. The standard InChI is InChI=1S/C25H20BrN3O4/c1-17(20-5-3-2-4-6-20)28-25(30)21(15-27)13-19-9-12-24(23(26)14-19)33-16-18-7-10-22(11-8-18)29(31)32/h2-14,17H,16H2,1H3,(H,28,30)/b21-13-/t17-/m0/s1. The number of halogens is 1. The molecule has 3 aromatic rings. The highest BCUT2D eigenvalue weighted by molar-refractivity contribution is 9.10. The largest absolute Gasteiger partial charge is 0.488 e. The molecule has 0 saturated carbocycles. The summed E-state index contributed by atoms with van der Waals surface area (Å²) in [4.78, 5) is 22.9. The van der Waals surface area contributed by atoms with E-state index in [9.17, 15) is 20.2 Å². The van der Waals surface area contributed by atoms with E-state index in [4.69, 9.17) is 4.74 Å². The van der Waals surface area contributed by atoms with E-state index in [1.54, 1.807) is 30.3 Å². The van der Waals surface area contributed by atoms with Crippen LogP contribution in [-0.4, -0.2) is 10.8 Å². The summed E-state index contributed by atoms with van der Waals surface area (Å²) in [5.41, 5.74) is 2.40. The van der Waals surface area contributed by atoms with Gasteiger partial charge in [0, 0.05) is 12.1 Å². The first-order chi connectivity index (χ1) is 15.9. The molecule has 3 aromatic carbocycles. The monoisotopic (exact) mass is 505 g/mol. The second kappa shape index (κ2) is 11.1. The van der Waals surface area contributed by atoms with Crippen LogP contribution < -0.4 is 10.1 Å². The normalized spacial score (nSPS) is 11.8. The van der Waals surface area contributed by atoms with Crippen molar-refractivity contribution in [2.75, 3.05) is 0 Å². The Bertz CT molecular complexity index is 1220. The number of amides is 1. The number of ether oxygens (including phenoxy) is 1. The van der Waals surface area contributed by atoms with Gasteiger partial charge in [0.15, 0.2) is 0 Å². The summed E-state index contributed by atoms with van der Waals surface area (Å²) in [6.45, 7) is 2.09. The lowest BCUT2D eigenvalue weighted by Gasteiger charge is -2.14. The minimum atomic E-state index is -0.455. The van der Waals surface area contributed by atoms with E-state index >= 15 is 0 Å². The van der Waals surface area contributed by atoms with Crippen LogP contribution in [0.5, 0.6) is 5.75 Å². The molecule has 3 rings (SSSR count). The fourth-order valence-corrected chi connectivity index (χ4v) is 3.52. The molecule has 7 nitrogen and oxygen atoms in total. The summed E-state index contributed by atoms with van der Waals surface area (Å²) < 4.78 is 6.42. The van der Waals surface area contributed by atoms with E-state index in [1.807, 2.05) is 43.3 Å². The van der Waals surface area contributed by atoms with Crippen molar-refractivity contribution in [1.82, 2.24) is 5.32 Å². The van der Waals surface area contributed by atoms with E-state index in [-0.39, 0.29) is 23.9 Å². The molecule has 1 atom stereocenters. The third-order valence-corrected chi connectivity index (χ3v) is 5.44. The van der Waals surface area contributed by atoms with Crippen molar-refractivity contribution in [3.63, 3.8) is 0 Å². The van der Waals surface area contributed by atoms with Crippen molar-refractivity contribution in [3.05, 3.63) is 110 Å². The lowest BCUT2D eigenvalue weighted by molar-refractivity contribution is -0.384. The zero-order chi connectivity index (χ0) is 23.8. The summed E-state index contributed by atoms with van der Waals surface area (Å²) >= 11 is 3.44. The first-order valence-corrected chi connectivity index (χ1v) is 10.8. The van der Waals surface area contributed by atoms with E-state index in [0.717, 1.165) is 11.1 Å². The number of nitrogens with one attached hydrogen (secondary N) is 1. The molecule has 0 aliphatic carbocycles. The molecule has 0 aliphatic heterocycles. The Hall–Kier alpha value is -3.96. The lowest BCUT2D eigenvalue weighted by Crippen LogP contribution is -2.27. The number of non-ortho nitro benzene ring substituents is 1. The van der Waals surface area contributed by atoms with E-state index in [2.05, 4.69) is 21.2 Å². The highest BCUT2D eigenvalue weighted by Gasteiger charge is 2.14. The summed E-state index contributed by atoms with van der Waals surface area (Å²) in [5, 5.41) is 23.1. The van der Waals surface area contributed by atoms with Gasteiger partial charge < -0.3 is 10.1 Å². The van der Waals surface area contributed by atoms with Gasteiger partial charge in [-0.2, -0.15) is 5.26 Å². The molecule has 0 unspecified atom stereocenters. The van der Waals surface area contributed by atoms with Gasteiger partial charge in [-0.05, 0) is 69.9 Å². The predicted octanol–water partition coefficient (Wildman–Crippen LogP) is 5.72. The molecule has 1 amide bonds. The molecule has 166 valence electrons. The van der Waals surface area contributed by atoms with Crippen LogP contribution in [0.4, 0.5) is 5.69 Å². The minimum Gasteiger partial charge on any atom is -0.488 e. The fourth-order valence-electron chi connectivity index (χ4n) is 3.01. The van der Waals surface area contributed by atoms with Crippen molar-refractivity contribution in [2.24, 2.45) is 0 Å². The molecule has 0 saturated heterocycles. The molecule has 0 bridgehead atoms. The summed E-state index contributed by atoms with van der Waals surface area (Å²) in [7, 11) is 0. The maximum absolute atomic E-state index is 12.6. The van der Waals surface area contributed by atoms with Gasteiger partial charge in [0.05, 0.1) is 15.4 Å². The Kier molecular flexibility index (Phi) is 7.95. The highest BCUT2D eigenvalue weighted by Crippen LogP contribution is 2.28. The van der Waals surface area contributed by atoms with Gasteiger partial charge in [-0.3, -0.25) is 14.9 Å². The second-order valence-corrected chi connectivity index (χ2v) is 8.03. The first-order valence-electron chi connectivity index (χ1n) is 10.0. The first kappa shape index (κ1) is 23.7. The fraction of sp³-hybridized carbons (Fsp3) is 0.120. The summed E-state index contributed by atoms with van der Waals surface area (Å²) in [5.74, 6) is 0.106. The van der Waals surface area contributed by atoms with Crippen LogP contribution >= 0.6 is 15.9 Å².